The van der Waals surface area contributed by atoms with Crippen molar-refractivity contribution >= 4 is 33.7 Å². The van der Waals surface area contributed by atoms with Gasteiger partial charge in [-0.05, 0) is 35.7 Å². The SMILES string of the molecule is NC(=NS(=O)(=O)c1ccc(N)cc1)/N=C/C1=C(O)CC(c2ccccc2)CC1=O. The lowest BCUT2D eigenvalue weighted by molar-refractivity contribution is -0.116. The van der Waals surface area contributed by atoms with Gasteiger partial charge in [0, 0.05) is 24.7 Å². The Balaban J connectivity index is 1.78. The van der Waals surface area contributed by atoms with E-state index in [0.29, 0.717) is 5.69 Å². The molecular weight excluding hydrogens is 392 g/mol. The molecular formula is C20H20N4O4S. The molecule has 9 heteroatoms. The second-order valence-electron chi connectivity index (χ2n) is 6.55. The number of hydrogen-bond donors (Lipinski definition) is 3. The minimum absolute atomic E-state index is 0.000198. The van der Waals surface area contributed by atoms with Crippen molar-refractivity contribution < 1.29 is 18.3 Å². The van der Waals surface area contributed by atoms with Gasteiger partial charge < -0.3 is 16.6 Å². The Labute approximate surface area is 168 Å². The summed E-state index contributed by atoms with van der Waals surface area (Å²) in [4.78, 5) is 16.1. The van der Waals surface area contributed by atoms with Gasteiger partial charge in [-0.2, -0.15) is 8.42 Å². The first-order valence-electron chi connectivity index (χ1n) is 8.76. The molecule has 0 saturated heterocycles. The third-order valence-corrected chi connectivity index (χ3v) is 5.77. The van der Waals surface area contributed by atoms with Crippen molar-refractivity contribution in [2.24, 2.45) is 15.1 Å². The van der Waals surface area contributed by atoms with Gasteiger partial charge in [-0.15, -0.1) is 4.40 Å². The predicted molar refractivity (Wildman–Crippen MR) is 111 cm³/mol. The number of guanidine groups is 1. The summed E-state index contributed by atoms with van der Waals surface area (Å²) >= 11 is 0. The van der Waals surface area contributed by atoms with E-state index in [9.17, 15) is 18.3 Å². The Hall–Kier alpha value is -3.46. The van der Waals surface area contributed by atoms with Gasteiger partial charge >= 0.3 is 0 Å². The normalized spacial score (nSPS) is 18.4. The molecule has 150 valence electrons. The summed E-state index contributed by atoms with van der Waals surface area (Å²) in [6.45, 7) is 0. The number of sulfonamides is 1. The number of ketones is 1. The van der Waals surface area contributed by atoms with Crippen LogP contribution < -0.4 is 11.5 Å². The van der Waals surface area contributed by atoms with Crippen molar-refractivity contribution in [2.45, 2.75) is 23.7 Å². The first kappa shape index (κ1) is 20.3. The Morgan fingerprint density at radius 1 is 1.07 bits per heavy atom. The van der Waals surface area contributed by atoms with Gasteiger partial charge in [0.05, 0.1) is 10.5 Å². The fourth-order valence-corrected chi connectivity index (χ4v) is 3.87. The van der Waals surface area contributed by atoms with E-state index in [4.69, 9.17) is 11.5 Å². The lowest BCUT2D eigenvalue weighted by atomic mass is 9.83. The number of Topliss-reactive ketones (excluding diaryl/α,β-unsaturated/α-hetero) is 1. The van der Waals surface area contributed by atoms with E-state index in [0.717, 1.165) is 11.8 Å². The van der Waals surface area contributed by atoms with E-state index in [1.807, 2.05) is 30.3 Å². The number of hydrogen-bond acceptors (Lipinski definition) is 5. The molecule has 2 aromatic rings. The summed E-state index contributed by atoms with van der Waals surface area (Å²) in [5, 5.41) is 10.3. The highest BCUT2D eigenvalue weighted by Crippen LogP contribution is 2.32. The molecule has 29 heavy (non-hydrogen) atoms. The van der Waals surface area contributed by atoms with E-state index in [1.54, 1.807) is 0 Å². The number of anilines is 1. The van der Waals surface area contributed by atoms with Gasteiger partial charge in [-0.25, -0.2) is 4.99 Å². The quantitative estimate of drug-likeness (QED) is 0.399. The van der Waals surface area contributed by atoms with Crippen molar-refractivity contribution in [3.05, 3.63) is 71.5 Å². The summed E-state index contributed by atoms with van der Waals surface area (Å²) in [5.41, 5.74) is 12.5. The minimum Gasteiger partial charge on any atom is -0.511 e. The largest absolute Gasteiger partial charge is 0.511 e. The Bertz CT molecular complexity index is 1100. The zero-order valence-electron chi connectivity index (χ0n) is 15.4. The topological polar surface area (TPSA) is 148 Å². The number of aliphatic hydroxyl groups is 1. The van der Waals surface area contributed by atoms with Crippen LogP contribution in [-0.2, 0) is 14.8 Å². The standard InChI is InChI=1S/C20H20N4O4S/c21-15-6-8-16(9-7-15)29(27,28)24-20(22)23-12-17-18(25)10-14(11-19(17)26)13-4-2-1-3-5-13/h1-9,12,14,25H,10-11,21H2,(H2,22,24)/b23-12+. The van der Waals surface area contributed by atoms with Crippen LogP contribution in [0.2, 0.25) is 0 Å². The van der Waals surface area contributed by atoms with E-state index in [1.165, 1.54) is 24.3 Å². The average molecular weight is 412 g/mol. The number of rotatable bonds is 4. The smallest absolute Gasteiger partial charge is 0.285 e. The van der Waals surface area contributed by atoms with Crippen LogP contribution in [0.25, 0.3) is 0 Å². The van der Waals surface area contributed by atoms with Crippen molar-refractivity contribution in [2.75, 3.05) is 5.73 Å². The summed E-state index contributed by atoms with van der Waals surface area (Å²) in [5.74, 6) is -1.11. The third kappa shape index (κ3) is 4.88. The van der Waals surface area contributed by atoms with Crippen molar-refractivity contribution in [1.82, 2.24) is 0 Å². The van der Waals surface area contributed by atoms with Crippen molar-refractivity contribution in [3.8, 4) is 0 Å². The average Bonchev–Trinajstić information content (AvgIpc) is 2.68. The van der Waals surface area contributed by atoms with Crippen LogP contribution in [-0.4, -0.2) is 31.5 Å². The van der Waals surface area contributed by atoms with Gasteiger partial charge in [0.2, 0.25) is 5.96 Å². The number of carbonyl (C=O) groups excluding carboxylic acids is 1. The molecule has 1 aliphatic rings. The van der Waals surface area contributed by atoms with Crippen LogP contribution in [0.4, 0.5) is 5.69 Å². The van der Waals surface area contributed by atoms with Crippen LogP contribution in [0.1, 0.15) is 24.3 Å². The highest BCUT2D eigenvalue weighted by Gasteiger charge is 2.27. The number of allylic oxidation sites excluding steroid dienone is 2. The molecule has 5 N–H and O–H groups in total. The summed E-state index contributed by atoms with van der Waals surface area (Å²) < 4.78 is 27.9. The first-order valence-corrected chi connectivity index (χ1v) is 10.2. The Morgan fingerprint density at radius 3 is 2.34 bits per heavy atom. The Kier molecular flexibility index (Phi) is 5.79. The molecule has 1 aliphatic carbocycles. The molecule has 3 rings (SSSR count). The fraction of sp³-hybridized carbons (Fsp3) is 0.150. The van der Waals surface area contributed by atoms with Crippen molar-refractivity contribution in [1.29, 1.82) is 0 Å². The number of aliphatic imine (C=N–C) groups is 1. The predicted octanol–water partition coefficient (Wildman–Crippen LogP) is 2.30. The second-order valence-corrected chi connectivity index (χ2v) is 8.16. The molecule has 2 aromatic carbocycles. The number of nitrogens with two attached hydrogens (primary N) is 2. The first-order chi connectivity index (χ1) is 13.8. The van der Waals surface area contributed by atoms with E-state index in [2.05, 4.69) is 9.39 Å². The Morgan fingerprint density at radius 2 is 1.72 bits per heavy atom. The lowest BCUT2D eigenvalue weighted by Crippen LogP contribution is -2.20. The summed E-state index contributed by atoms with van der Waals surface area (Å²) in [6.07, 6.45) is 1.53. The third-order valence-electron chi connectivity index (χ3n) is 4.47. The molecule has 8 nitrogen and oxygen atoms in total. The monoisotopic (exact) mass is 412 g/mol. The van der Waals surface area contributed by atoms with Gasteiger partial charge in [-0.1, -0.05) is 30.3 Å². The van der Waals surface area contributed by atoms with E-state index in [-0.39, 0.29) is 40.8 Å². The van der Waals surface area contributed by atoms with Crippen LogP contribution in [0.5, 0.6) is 0 Å². The van der Waals surface area contributed by atoms with Crippen LogP contribution in [0.15, 0.2) is 80.2 Å². The maximum absolute atomic E-state index is 12.4. The molecule has 0 bridgehead atoms. The molecule has 0 amide bonds. The molecule has 0 saturated carbocycles. The molecule has 1 atom stereocenters. The van der Waals surface area contributed by atoms with Crippen LogP contribution in [0.3, 0.4) is 0 Å². The lowest BCUT2D eigenvalue weighted by Gasteiger charge is -2.22. The minimum atomic E-state index is -4.07. The van der Waals surface area contributed by atoms with E-state index < -0.39 is 16.0 Å². The zero-order valence-corrected chi connectivity index (χ0v) is 16.2. The molecule has 0 spiro atoms. The number of nitrogen functional groups attached to an aromatic ring is 1. The molecule has 0 fully saturated rings. The van der Waals surface area contributed by atoms with E-state index >= 15 is 0 Å². The number of nitrogens with zero attached hydrogens (tertiary/aromatic N) is 2. The second kappa shape index (κ2) is 8.27. The number of aliphatic hydroxyl groups excluding tert-OH is 1. The van der Waals surface area contributed by atoms with Gasteiger partial charge in [0.1, 0.15) is 5.76 Å². The number of benzene rings is 2. The van der Waals surface area contributed by atoms with Gasteiger partial charge in [0.25, 0.3) is 10.0 Å². The fourth-order valence-electron chi connectivity index (χ4n) is 2.99. The highest BCUT2D eigenvalue weighted by atomic mass is 32.2. The molecule has 1 unspecified atom stereocenters. The molecule has 0 heterocycles. The number of carbonyl (C=O) groups is 1. The maximum atomic E-state index is 12.4. The maximum Gasteiger partial charge on any atom is 0.285 e. The molecule has 0 radical (unpaired) electrons. The highest BCUT2D eigenvalue weighted by molar-refractivity contribution is 7.90. The van der Waals surface area contributed by atoms with Gasteiger partial charge in [-0.3, -0.25) is 4.79 Å². The van der Waals surface area contributed by atoms with Gasteiger partial charge in [0.15, 0.2) is 5.78 Å². The van der Waals surface area contributed by atoms with Crippen LogP contribution in [0, 0.1) is 0 Å². The van der Waals surface area contributed by atoms with Crippen molar-refractivity contribution in [3.63, 3.8) is 0 Å². The summed E-state index contributed by atoms with van der Waals surface area (Å²) in [7, 11) is -4.07. The molecule has 0 aromatic heterocycles. The van der Waals surface area contributed by atoms with Crippen LogP contribution >= 0.6 is 0 Å². The zero-order chi connectivity index (χ0) is 21.0. The summed E-state index contributed by atoms with van der Waals surface area (Å²) in [6, 6.07) is 14.9. The molecule has 0 aliphatic heterocycles.